The zero-order chi connectivity index (χ0) is 21.7. The molecule has 1 aliphatic rings. The molecule has 0 bridgehead atoms. The van der Waals surface area contributed by atoms with Crippen LogP contribution in [0.5, 0.6) is 5.75 Å². The summed E-state index contributed by atoms with van der Waals surface area (Å²) in [5.74, 6) is -0.0986. The number of methoxy groups -OCH3 is 1. The molecular formula is C21H29N3O4S2. The van der Waals surface area contributed by atoms with Crippen molar-refractivity contribution in [1.29, 1.82) is 0 Å². The van der Waals surface area contributed by atoms with Gasteiger partial charge in [-0.25, -0.2) is 13.1 Å². The van der Waals surface area contributed by atoms with Gasteiger partial charge < -0.3 is 15.0 Å². The zero-order valence-electron chi connectivity index (χ0n) is 17.6. The van der Waals surface area contributed by atoms with Gasteiger partial charge in [-0.1, -0.05) is 12.8 Å². The Hall–Kier alpha value is -1.94. The maximum Gasteiger partial charge on any atom is 0.251 e. The van der Waals surface area contributed by atoms with Crippen LogP contribution in [0.1, 0.15) is 47.6 Å². The van der Waals surface area contributed by atoms with E-state index in [1.54, 1.807) is 17.4 Å². The Bertz CT molecular complexity index is 953. The van der Waals surface area contributed by atoms with E-state index in [4.69, 9.17) is 4.74 Å². The van der Waals surface area contributed by atoms with Crippen LogP contribution in [0, 0.1) is 0 Å². The third-order valence-corrected chi connectivity index (χ3v) is 7.64. The number of hydrogen-bond acceptors (Lipinski definition) is 6. The Labute approximate surface area is 182 Å². The number of thiophene rings is 1. The number of sulfonamides is 1. The first-order valence-electron chi connectivity index (χ1n) is 9.99. The molecule has 0 saturated heterocycles. The fourth-order valence-electron chi connectivity index (χ4n) is 3.71. The molecule has 1 heterocycles. The number of hydrogen-bond donors (Lipinski definition) is 2. The lowest BCUT2D eigenvalue weighted by Gasteiger charge is -2.24. The number of ether oxygens (including phenoxy) is 1. The lowest BCUT2D eigenvalue weighted by Crippen LogP contribution is -2.35. The lowest BCUT2D eigenvalue weighted by atomic mass is 10.1. The van der Waals surface area contributed by atoms with Crippen LogP contribution >= 0.6 is 11.3 Å². The first kappa shape index (κ1) is 22.7. The van der Waals surface area contributed by atoms with E-state index in [0.29, 0.717) is 6.54 Å². The monoisotopic (exact) mass is 451 g/mol. The summed E-state index contributed by atoms with van der Waals surface area (Å²) in [5.41, 5.74) is 1.41. The van der Waals surface area contributed by atoms with Gasteiger partial charge in [0.25, 0.3) is 5.91 Å². The Morgan fingerprint density at radius 2 is 2.00 bits per heavy atom. The molecule has 1 amide bonds. The van der Waals surface area contributed by atoms with Crippen molar-refractivity contribution in [2.75, 3.05) is 27.7 Å². The van der Waals surface area contributed by atoms with Gasteiger partial charge in [-0.05, 0) is 67.5 Å². The summed E-state index contributed by atoms with van der Waals surface area (Å²) in [5, 5.41) is 6.99. The van der Waals surface area contributed by atoms with E-state index >= 15 is 0 Å². The number of carbonyl (C=O) groups is 1. The quantitative estimate of drug-likeness (QED) is 0.612. The van der Waals surface area contributed by atoms with Gasteiger partial charge in [0.1, 0.15) is 10.6 Å². The minimum Gasteiger partial charge on any atom is -0.495 e. The van der Waals surface area contributed by atoms with Gasteiger partial charge in [-0.2, -0.15) is 11.3 Å². The van der Waals surface area contributed by atoms with E-state index in [2.05, 4.69) is 15.4 Å². The molecule has 0 radical (unpaired) electrons. The Balaban J connectivity index is 1.77. The number of likely N-dealkylation sites (N-methyl/N-ethyl adjacent to an activating group) is 1. The first-order valence-corrected chi connectivity index (χ1v) is 12.4. The molecule has 1 aromatic heterocycles. The first-order chi connectivity index (χ1) is 14.3. The average molecular weight is 452 g/mol. The summed E-state index contributed by atoms with van der Waals surface area (Å²) < 4.78 is 33.9. The van der Waals surface area contributed by atoms with E-state index in [-0.39, 0.29) is 34.2 Å². The van der Waals surface area contributed by atoms with Gasteiger partial charge in [0.15, 0.2) is 0 Å². The molecule has 1 unspecified atom stereocenters. The highest BCUT2D eigenvalue weighted by Crippen LogP contribution is 2.27. The van der Waals surface area contributed by atoms with Crippen molar-refractivity contribution in [3.63, 3.8) is 0 Å². The number of rotatable bonds is 9. The molecule has 164 valence electrons. The molecule has 2 aromatic rings. The SMILES string of the molecule is COc1ccc(C(=O)NCC(c2ccsc2)N(C)C)cc1S(=O)(=O)NC1CCCC1. The summed E-state index contributed by atoms with van der Waals surface area (Å²) >= 11 is 1.61. The third kappa shape index (κ3) is 5.40. The van der Waals surface area contributed by atoms with Crippen LogP contribution in [0.4, 0.5) is 0 Å². The molecule has 3 rings (SSSR count). The van der Waals surface area contributed by atoms with Crippen molar-refractivity contribution in [1.82, 2.24) is 14.9 Å². The highest BCUT2D eigenvalue weighted by molar-refractivity contribution is 7.89. The van der Waals surface area contributed by atoms with E-state index < -0.39 is 10.0 Å². The molecule has 30 heavy (non-hydrogen) atoms. The van der Waals surface area contributed by atoms with Crippen LogP contribution in [-0.2, 0) is 10.0 Å². The van der Waals surface area contributed by atoms with Crippen LogP contribution in [0.25, 0.3) is 0 Å². The predicted molar refractivity (Wildman–Crippen MR) is 119 cm³/mol. The van der Waals surface area contributed by atoms with Crippen LogP contribution < -0.4 is 14.8 Å². The second-order valence-electron chi connectivity index (χ2n) is 7.71. The van der Waals surface area contributed by atoms with Crippen molar-refractivity contribution in [3.8, 4) is 5.75 Å². The summed E-state index contributed by atoms with van der Waals surface area (Å²) in [4.78, 5) is 14.8. The number of carbonyl (C=O) groups excluding carboxylic acids is 1. The van der Waals surface area contributed by atoms with Gasteiger partial charge >= 0.3 is 0 Å². The smallest absolute Gasteiger partial charge is 0.251 e. The van der Waals surface area contributed by atoms with Gasteiger partial charge in [-0.3, -0.25) is 4.79 Å². The maximum absolute atomic E-state index is 12.9. The molecule has 9 heteroatoms. The van der Waals surface area contributed by atoms with E-state index in [0.717, 1.165) is 31.2 Å². The predicted octanol–water partition coefficient (Wildman–Crippen LogP) is 3.01. The average Bonchev–Trinajstić information content (AvgIpc) is 3.41. The van der Waals surface area contributed by atoms with Crippen molar-refractivity contribution in [2.45, 2.75) is 42.7 Å². The van der Waals surface area contributed by atoms with Crippen LogP contribution in [0.2, 0.25) is 0 Å². The number of amides is 1. The topological polar surface area (TPSA) is 87.7 Å². The Kier molecular flexibility index (Phi) is 7.51. The summed E-state index contributed by atoms with van der Waals surface area (Å²) in [6.45, 7) is 0.414. The van der Waals surface area contributed by atoms with E-state index in [1.165, 1.54) is 19.2 Å². The van der Waals surface area contributed by atoms with Crippen LogP contribution in [0.3, 0.4) is 0 Å². The fraction of sp³-hybridized carbons (Fsp3) is 0.476. The molecule has 1 aromatic carbocycles. The van der Waals surface area contributed by atoms with Gasteiger partial charge in [-0.15, -0.1) is 0 Å². The van der Waals surface area contributed by atoms with Crippen molar-refractivity contribution in [3.05, 3.63) is 46.2 Å². The van der Waals surface area contributed by atoms with Gasteiger partial charge in [0.2, 0.25) is 10.0 Å². The zero-order valence-corrected chi connectivity index (χ0v) is 19.2. The van der Waals surface area contributed by atoms with Gasteiger partial charge in [0, 0.05) is 18.2 Å². The second kappa shape index (κ2) is 9.91. The molecular weight excluding hydrogens is 422 g/mol. The number of nitrogens with one attached hydrogen (secondary N) is 2. The molecule has 0 aliphatic heterocycles. The molecule has 1 saturated carbocycles. The minimum atomic E-state index is -3.78. The van der Waals surface area contributed by atoms with Crippen molar-refractivity contribution < 1.29 is 17.9 Å². The molecule has 1 aliphatic carbocycles. The standard InChI is InChI=1S/C21H29N3O4S2/c1-24(2)18(16-10-11-29-14-16)13-22-21(25)15-8-9-19(28-3)20(12-15)30(26,27)23-17-6-4-5-7-17/h8-12,14,17-18,23H,4-7,13H2,1-3H3,(H,22,25). The highest BCUT2D eigenvalue weighted by Gasteiger charge is 2.27. The van der Waals surface area contributed by atoms with E-state index in [1.807, 2.05) is 30.4 Å². The summed E-state index contributed by atoms with van der Waals surface area (Å²) in [6, 6.07) is 6.50. The molecule has 2 N–H and O–H groups in total. The lowest BCUT2D eigenvalue weighted by molar-refractivity contribution is 0.0941. The molecule has 0 spiro atoms. The van der Waals surface area contributed by atoms with E-state index in [9.17, 15) is 13.2 Å². The fourth-order valence-corrected chi connectivity index (χ4v) is 5.92. The highest BCUT2D eigenvalue weighted by atomic mass is 32.2. The second-order valence-corrected chi connectivity index (χ2v) is 10.2. The number of benzene rings is 1. The van der Waals surface area contributed by atoms with Crippen molar-refractivity contribution >= 4 is 27.3 Å². The molecule has 1 atom stereocenters. The third-order valence-electron chi connectivity index (χ3n) is 5.40. The minimum absolute atomic E-state index is 0.00783. The number of nitrogens with zero attached hydrogens (tertiary/aromatic N) is 1. The van der Waals surface area contributed by atoms with Crippen molar-refractivity contribution in [2.24, 2.45) is 0 Å². The Morgan fingerprint density at radius 3 is 2.60 bits per heavy atom. The normalized spacial score (nSPS) is 16.0. The summed E-state index contributed by atoms with van der Waals surface area (Å²) in [6.07, 6.45) is 3.69. The maximum atomic E-state index is 12.9. The van der Waals surface area contributed by atoms with Crippen LogP contribution in [0.15, 0.2) is 39.9 Å². The Morgan fingerprint density at radius 1 is 1.27 bits per heavy atom. The van der Waals surface area contributed by atoms with Gasteiger partial charge in [0.05, 0.1) is 13.2 Å². The summed E-state index contributed by atoms with van der Waals surface area (Å²) in [7, 11) is 1.56. The van der Waals surface area contributed by atoms with Crippen LogP contribution in [-0.4, -0.2) is 53.0 Å². The molecule has 7 nitrogen and oxygen atoms in total. The molecule has 1 fully saturated rings. The largest absolute Gasteiger partial charge is 0.495 e.